The van der Waals surface area contributed by atoms with Crippen molar-refractivity contribution in [1.82, 2.24) is 4.90 Å². The fourth-order valence-electron chi connectivity index (χ4n) is 2.77. The molecule has 1 saturated carbocycles. The Labute approximate surface area is 95.0 Å². The molecule has 0 radical (unpaired) electrons. The van der Waals surface area contributed by atoms with E-state index >= 15 is 0 Å². The van der Waals surface area contributed by atoms with Crippen molar-refractivity contribution in [1.29, 1.82) is 0 Å². The lowest BCUT2D eigenvalue weighted by Crippen LogP contribution is -2.46. The molecule has 0 heterocycles. The van der Waals surface area contributed by atoms with Crippen LogP contribution >= 0.6 is 0 Å². The van der Waals surface area contributed by atoms with Crippen LogP contribution in [-0.2, 0) is 4.74 Å². The van der Waals surface area contributed by atoms with Gasteiger partial charge in [0.1, 0.15) is 0 Å². The zero-order chi connectivity index (χ0) is 11.3. The zero-order valence-corrected chi connectivity index (χ0v) is 10.9. The van der Waals surface area contributed by atoms with Crippen LogP contribution in [0, 0.1) is 5.92 Å². The molecule has 0 aromatic rings. The quantitative estimate of drug-likeness (QED) is 0.651. The molecule has 2 heteroatoms. The molecule has 0 aromatic heterocycles. The highest BCUT2D eigenvalue weighted by Crippen LogP contribution is 2.38. The van der Waals surface area contributed by atoms with Crippen LogP contribution in [-0.4, -0.2) is 38.3 Å². The molecule has 0 N–H and O–H groups in total. The van der Waals surface area contributed by atoms with Crippen LogP contribution in [0.15, 0.2) is 0 Å². The summed E-state index contributed by atoms with van der Waals surface area (Å²) in [5.74, 6) is 0.931. The predicted octanol–water partition coefficient (Wildman–Crippen LogP) is 2.92. The summed E-state index contributed by atoms with van der Waals surface area (Å²) >= 11 is 0. The van der Waals surface area contributed by atoms with Crippen LogP contribution in [0.5, 0.6) is 0 Å². The number of rotatable bonds is 5. The normalized spacial score (nSPS) is 32.2. The van der Waals surface area contributed by atoms with E-state index < -0.39 is 0 Å². The fourth-order valence-corrected chi connectivity index (χ4v) is 2.77. The van der Waals surface area contributed by atoms with Gasteiger partial charge in [-0.2, -0.15) is 0 Å². The van der Waals surface area contributed by atoms with Gasteiger partial charge in [0, 0.05) is 19.3 Å². The Hall–Kier alpha value is -0.0800. The Kier molecular flexibility index (Phi) is 5.07. The van der Waals surface area contributed by atoms with Crippen LogP contribution in [0.4, 0.5) is 0 Å². The zero-order valence-electron chi connectivity index (χ0n) is 10.9. The van der Waals surface area contributed by atoms with E-state index in [4.69, 9.17) is 4.74 Å². The maximum atomic E-state index is 5.16. The molecule has 0 aromatic carbocycles. The van der Waals surface area contributed by atoms with Crippen molar-refractivity contribution in [3.05, 3.63) is 0 Å². The number of methoxy groups -OCH3 is 1. The predicted molar refractivity (Wildman–Crippen MR) is 65.2 cm³/mol. The summed E-state index contributed by atoms with van der Waals surface area (Å²) in [5.41, 5.74) is 0.463. The Balaban J connectivity index is 2.47. The summed E-state index contributed by atoms with van der Waals surface area (Å²) in [6, 6.07) is 0. The molecule has 1 aliphatic rings. The first-order valence-electron chi connectivity index (χ1n) is 6.27. The van der Waals surface area contributed by atoms with Gasteiger partial charge in [0.05, 0.1) is 0 Å². The van der Waals surface area contributed by atoms with Crippen molar-refractivity contribution in [3.63, 3.8) is 0 Å². The van der Waals surface area contributed by atoms with Gasteiger partial charge in [-0.3, -0.25) is 0 Å². The first-order chi connectivity index (χ1) is 7.10. The highest BCUT2D eigenvalue weighted by molar-refractivity contribution is 4.91. The lowest BCUT2D eigenvalue weighted by molar-refractivity contribution is 0.0626. The number of nitrogens with zero attached hydrogens (tertiary/aromatic N) is 1. The maximum Gasteiger partial charge on any atom is 0.0462 e. The highest BCUT2D eigenvalue weighted by atomic mass is 16.5. The van der Waals surface area contributed by atoms with E-state index in [1.807, 2.05) is 0 Å². The summed E-state index contributed by atoms with van der Waals surface area (Å²) in [7, 11) is 6.27. The molecule has 0 aliphatic heterocycles. The SMILES string of the molecule is COCCCC1(N(C)C)CCC(C)CC1. The number of hydrogen-bond donors (Lipinski definition) is 0. The monoisotopic (exact) mass is 213 g/mol. The van der Waals surface area contributed by atoms with E-state index in [9.17, 15) is 0 Å². The topological polar surface area (TPSA) is 12.5 Å². The lowest BCUT2D eigenvalue weighted by atomic mass is 9.74. The molecule has 1 rings (SSSR count). The Morgan fingerprint density at radius 2 is 1.87 bits per heavy atom. The average molecular weight is 213 g/mol. The van der Waals surface area contributed by atoms with Gasteiger partial charge in [0.25, 0.3) is 0 Å². The van der Waals surface area contributed by atoms with Crippen molar-refractivity contribution in [2.45, 2.75) is 51.0 Å². The minimum absolute atomic E-state index is 0.463. The van der Waals surface area contributed by atoms with Gasteiger partial charge in [-0.05, 0) is 58.5 Å². The second-order valence-electron chi connectivity index (χ2n) is 5.40. The smallest absolute Gasteiger partial charge is 0.0462 e. The molecule has 0 bridgehead atoms. The first kappa shape index (κ1) is 13.0. The van der Waals surface area contributed by atoms with Gasteiger partial charge >= 0.3 is 0 Å². The molecule has 90 valence electrons. The molecule has 15 heavy (non-hydrogen) atoms. The van der Waals surface area contributed by atoms with E-state index in [2.05, 4.69) is 25.9 Å². The molecule has 0 spiro atoms. The van der Waals surface area contributed by atoms with Crippen LogP contribution in [0.3, 0.4) is 0 Å². The second kappa shape index (κ2) is 5.86. The van der Waals surface area contributed by atoms with Crippen molar-refractivity contribution < 1.29 is 4.74 Å². The molecule has 0 amide bonds. The number of ether oxygens (including phenoxy) is 1. The summed E-state index contributed by atoms with van der Waals surface area (Å²) in [6.45, 7) is 3.29. The molecule has 2 nitrogen and oxygen atoms in total. The van der Waals surface area contributed by atoms with E-state index in [1.54, 1.807) is 7.11 Å². The van der Waals surface area contributed by atoms with Gasteiger partial charge in [0.15, 0.2) is 0 Å². The maximum absolute atomic E-state index is 5.16. The third-order valence-corrected chi connectivity index (χ3v) is 4.14. The molecule has 1 aliphatic carbocycles. The largest absolute Gasteiger partial charge is 0.385 e. The van der Waals surface area contributed by atoms with E-state index in [-0.39, 0.29) is 0 Å². The van der Waals surface area contributed by atoms with Gasteiger partial charge in [-0.25, -0.2) is 0 Å². The van der Waals surface area contributed by atoms with Gasteiger partial charge in [0.2, 0.25) is 0 Å². The lowest BCUT2D eigenvalue weighted by Gasteiger charge is -2.45. The molecule has 1 fully saturated rings. The Morgan fingerprint density at radius 3 is 2.33 bits per heavy atom. The van der Waals surface area contributed by atoms with Crippen molar-refractivity contribution in [2.75, 3.05) is 27.8 Å². The summed E-state index contributed by atoms with van der Waals surface area (Å²) in [6.07, 6.45) is 8.01. The van der Waals surface area contributed by atoms with Crippen molar-refractivity contribution in [2.24, 2.45) is 5.92 Å². The van der Waals surface area contributed by atoms with Gasteiger partial charge in [-0.15, -0.1) is 0 Å². The highest BCUT2D eigenvalue weighted by Gasteiger charge is 2.35. The summed E-state index contributed by atoms with van der Waals surface area (Å²) < 4.78 is 5.16. The third kappa shape index (κ3) is 3.46. The molecular formula is C13H27NO. The molecule has 0 unspecified atom stereocenters. The Morgan fingerprint density at radius 1 is 1.27 bits per heavy atom. The first-order valence-corrected chi connectivity index (χ1v) is 6.27. The molecule has 0 saturated heterocycles. The van der Waals surface area contributed by atoms with Crippen LogP contribution < -0.4 is 0 Å². The summed E-state index contributed by atoms with van der Waals surface area (Å²) in [5, 5.41) is 0. The second-order valence-corrected chi connectivity index (χ2v) is 5.40. The average Bonchev–Trinajstić information content (AvgIpc) is 2.21. The van der Waals surface area contributed by atoms with E-state index in [1.165, 1.54) is 38.5 Å². The number of hydrogen-bond acceptors (Lipinski definition) is 2. The summed E-state index contributed by atoms with van der Waals surface area (Å²) in [4.78, 5) is 2.45. The van der Waals surface area contributed by atoms with Crippen LogP contribution in [0.2, 0.25) is 0 Å². The van der Waals surface area contributed by atoms with Crippen LogP contribution in [0.1, 0.15) is 45.4 Å². The van der Waals surface area contributed by atoms with Crippen LogP contribution in [0.25, 0.3) is 0 Å². The molecular weight excluding hydrogens is 186 g/mol. The van der Waals surface area contributed by atoms with Gasteiger partial charge in [-0.1, -0.05) is 6.92 Å². The van der Waals surface area contributed by atoms with Crippen molar-refractivity contribution in [3.8, 4) is 0 Å². The van der Waals surface area contributed by atoms with Gasteiger partial charge < -0.3 is 9.64 Å². The van der Waals surface area contributed by atoms with Crippen molar-refractivity contribution >= 4 is 0 Å². The minimum atomic E-state index is 0.463. The van der Waals surface area contributed by atoms with E-state index in [0.29, 0.717) is 5.54 Å². The fraction of sp³-hybridized carbons (Fsp3) is 1.00. The minimum Gasteiger partial charge on any atom is -0.385 e. The van der Waals surface area contributed by atoms with E-state index in [0.717, 1.165) is 12.5 Å². The standard InChI is InChI=1S/C13H27NO/c1-12-6-9-13(10-7-12,14(2)3)8-5-11-15-4/h12H,5-11H2,1-4H3. The Bertz CT molecular complexity index is 171. The third-order valence-electron chi connectivity index (χ3n) is 4.14. The molecule has 0 atom stereocenters.